The summed E-state index contributed by atoms with van der Waals surface area (Å²) in [5.74, 6) is 0.146. The highest BCUT2D eigenvalue weighted by Crippen LogP contribution is 2.03. The summed E-state index contributed by atoms with van der Waals surface area (Å²) in [6, 6.07) is 0. The molecule has 0 aliphatic rings. The SMILES string of the molecule is NS(=O)(=O)Nc1csnn1. The van der Waals surface area contributed by atoms with E-state index in [1.165, 1.54) is 5.38 Å². The number of anilines is 1. The third-order valence-electron chi connectivity index (χ3n) is 0.607. The Hall–Kier alpha value is -0.730. The molecule has 56 valence electrons. The van der Waals surface area contributed by atoms with Crippen LogP contribution < -0.4 is 9.86 Å². The van der Waals surface area contributed by atoms with Crippen LogP contribution in [0.2, 0.25) is 0 Å². The Morgan fingerprint density at radius 3 is 2.80 bits per heavy atom. The van der Waals surface area contributed by atoms with E-state index in [1.54, 1.807) is 0 Å². The van der Waals surface area contributed by atoms with Crippen LogP contribution in [0, 0.1) is 0 Å². The van der Waals surface area contributed by atoms with Gasteiger partial charge in [-0.1, -0.05) is 4.49 Å². The van der Waals surface area contributed by atoms with Crippen LogP contribution in [-0.2, 0) is 10.2 Å². The minimum Gasteiger partial charge on any atom is -0.253 e. The summed E-state index contributed by atoms with van der Waals surface area (Å²) in [5.41, 5.74) is 0. The highest BCUT2D eigenvalue weighted by Gasteiger charge is 2.02. The molecular weight excluding hydrogens is 176 g/mol. The van der Waals surface area contributed by atoms with Crippen LogP contribution in [0.4, 0.5) is 5.82 Å². The van der Waals surface area contributed by atoms with Crippen molar-refractivity contribution < 1.29 is 8.42 Å². The second kappa shape index (κ2) is 2.48. The molecule has 0 amide bonds. The lowest BCUT2D eigenvalue weighted by Crippen LogP contribution is -2.21. The highest BCUT2D eigenvalue weighted by molar-refractivity contribution is 7.90. The number of aromatic nitrogens is 2. The largest absolute Gasteiger partial charge is 0.297 e. The van der Waals surface area contributed by atoms with E-state index < -0.39 is 10.2 Å². The zero-order valence-electron chi connectivity index (χ0n) is 4.68. The smallest absolute Gasteiger partial charge is 0.253 e. The normalized spacial score (nSPS) is 11.3. The lowest BCUT2D eigenvalue weighted by Gasteiger charge is -1.94. The first kappa shape index (κ1) is 7.38. The van der Waals surface area contributed by atoms with Crippen LogP contribution in [0.1, 0.15) is 0 Å². The van der Waals surface area contributed by atoms with Gasteiger partial charge in [-0.2, -0.15) is 8.42 Å². The Balaban J connectivity index is 2.75. The van der Waals surface area contributed by atoms with Gasteiger partial charge in [-0.05, 0) is 11.5 Å². The molecule has 0 fully saturated rings. The summed E-state index contributed by atoms with van der Waals surface area (Å²) in [5, 5.41) is 9.46. The molecule has 6 nitrogen and oxygen atoms in total. The molecule has 0 aromatic carbocycles. The van der Waals surface area contributed by atoms with Gasteiger partial charge in [0.2, 0.25) is 0 Å². The molecule has 0 aliphatic heterocycles. The average Bonchev–Trinajstić information content (AvgIpc) is 2.12. The molecule has 0 unspecified atom stereocenters. The molecule has 0 atom stereocenters. The van der Waals surface area contributed by atoms with Crippen molar-refractivity contribution in [2.45, 2.75) is 0 Å². The molecule has 0 radical (unpaired) electrons. The van der Waals surface area contributed by atoms with Crippen molar-refractivity contribution in [3.05, 3.63) is 5.38 Å². The zero-order valence-corrected chi connectivity index (χ0v) is 6.32. The molecule has 0 saturated carbocycles. The molecule has 1 rings (SSSR count). The number of nitrogens with two attached hydrogens (primary N) is 1. The Bertz CT molecular complexity index is 289. The first-order chi connectivity index (χ1) is 4.58. The number of nitrogens with one attached hydrogen (secondary N) is 1. The van der Waals surface area contributed by atoms with Crippen LogP contribution in [0.3, 0.4) is 0 Å². The molecule has 3 N–H and O–H groups in total. The molecule has 8 heteroatoms. The topological polar surface area (TPSA) is 98.0 Å². The molecule has 0 aliphatic carbocycles. The number of rotatable bonds is 2. The Labute approximate surface area is 61.4 Å². The van der Waals surface area contributed by atoms with E-state index in [9.17, 15) is 8.42 Å². The maximum atomic E-state index is 10.3. The Morgan fingerprint density at radius 1 is 1.70 bits per heavy atom. The minimum atomic E-state index is -3.69. The molecule has 1 heterocycles. The fraction of sp³-hybridized carbons (Fsp3) is 0. The van der Waals surface area contributed by atoms with Crippen LogP contribution in [0.15, 0.2) is 5.38 Å². The molecule has 0 bridgehead atoms. The monoisotopic (exact) mass is 180 g/mol. The molecule has 0 spiro atoms. The summed E-state index contributed by atoms with van der Waals surface area (Å²) >= 11 is 1.04. The first-order valence-corrected chi connectivity index (χ1v) is 4.54. The first-order valence-electron chi connectivity index (χ1n) is 2.15. The van der Waals surface area contributed by atoms with Crippen molar-refractivity contribution in [1.82, 2.24) is 9.59 Å². The van der Waals surface area contributed by atoms with Gasteiger partial charge in [-0.15, -0.1) is 5.10 Å². The second-order valence-corrected chi connectivity index (χ2v) is 3.34. The lowest BCUT2D eigenvalue weighted by molar-refractivity contribution is 0.602. The van der Waals surface area contributed by atoms with Crippen molar-refractivity contribution in [2.75, 3.05) is 4.72 Å². The van der Waals surface area contributed by atoms with Crippen molar-refractivity contribution in [1.29, 1.82) is 0 Å². The van der Waals surface area contributed by atoms with E-state index in [4.69, 9.17) is 0 Å². The number of nitrogens with zero attached hydrogens (tertiary/aromatic N) is 2. The molecule has 10 heavy (non-hydrogen) atoms. The van der Waals surface area contributed by atoms with Crippen LogP contribution in [0.5, 0.6) is 0 Å². The van der Waals surface area contributed by atoms with Gasteiger partial charge in [0.1, 0.15) is 0 Å². The predicted octanol–water partition coefficient (Wildman–Crippen LogP) is -0.847. The zero-order chi connectivity index (χ0) is 7.61. The van der Waals surface area contributed by atoms with Crippen molar-refractivity contribution in [2.24, 2.45) is 5.14 Å². The molecular formula is C2H4N4O2S2. The van der Waals surface area contributed by atoms with Crippen molar-refractivity contribution in [3.8, 4) is 0 Å². The van der Waals surface area contributed by atoms with E-state index in [0.717, 1.165) is 11.5 Å². The third-order valence-corrected chi connectivity index (χ3v) is 1.61. The van der Waals surface area contributed by atoms with E-state index in [2.05, 4.69) is 14.7 Å². The van der Waals surface area contributed by atoms with Gasteiger partial charge in [-0.25, -0.2) is 5.14 Å². The van der Waals surface area contributed by atoms with Crippen LogP contribution in [0.25, 0.3) is 0 Å². The van der Waals surface area contributed by atoms with Crippen LogP contribution >= 0.6 is 11.5 Å². The number of hydrogen-bond acceptors (Lipinski definition) is 5. The predicted molar refractivity (Wildman–Crippen MR) is 36.6 cm³/mol. The quantitative estimate of drug-likeness (QED) is 0.619. The van der Waals surface area contributed by atoms with Gasteiger partial charge >= 0.3 is 0 Å². The Kier molecular flexibility index (Phi) is 1.83. The minimum absolute atomic E-state index is 0.146. The summed E-state index contributed by atoms with van der Waals surface area (Å²) in [4.78, 5) is 0. The van der Waals surface area contributed by atoms with Crippen LogP contribution in [-0.4, -0.2) is 18.0 Å². The standard InChI is InChI=1S/C2H4N4O2S2/c3-10(7,8)5-2-1-9-6-4-2/h1,5H,(H2,3,7,8). The van der Waals surface area contributed by atoms with Crippen molar-refractivity contribution in [3.63, 3.8) is 0 Å². The fourth-order valence-electron chi connectivity index (χ4n) is 0.355. The number of hydrogen-bond donors (Lipinski definition) is 2. The highest BCUT2D eigenvalue weighted by atomic mass is 32.2. The summed E-state index contributed by atoms with van der Waals surface area (Å²) in [6.07, 6.45) is 0. The molecule has 1 aromatic heterocycles. The van der Waals surface area contributed by atoms with E-state index in [1.807, 2.05) is 4.72 Å². The van der Waals surface area contributed by atoms with Gasteiger partial charge in [-0.3, -0.25) is 4.72 Å². The van der Waals surface area contributed by atoms with Gasteiger partial charge in [0.25, 0.3) is 10.2 Å². The lowest BCUT2D eigenvalue weighted by atomic mass is 10.9. The van der Waals surface area contributed by atoms with Gasteiger partial charge in [0.05, 0.1) is 5.38 Å². The maximum absolute atomic E-state index is 10.3. The third kappa shape index (κ3) is 2.25. The fourth-order valence-corrected chi connectivity index (χ4v) is 1.21. The van der Waals surface area contributed by atoms with Crippen molar-refractivity contribution >= 4 is 27.6 Å². The summed E-state index contributed by atoms with van der Waals surface area (Å²) in [7, 11) is -3.69. The second-order valence-electron chi connectivity index (χ2n) is 1.44. The Morgan fingerprint density at radius 2 is 2.40 bits per heavy atom. The van der Waals surface area contributed by atoms with Gasteiger partial charge in [0, 0.05) is 0 Å². The van der Waals surface area contributed by atoms with Gasteiger partial charge < -0.3 is 0 Å². The molecule has 1 aromatic rings. The van der Waals surface area contributed by atoms with E-state index in [-0.39, 0.29) is 5.82 Å². The summed E-state index contributed by atoms with van der Waals surface area (Å²) in [6.45, 7) is 0. The van der Waals surface area contributed by atoms with E-state index in [0.29, 0.717) is 0 Å². The van der Waals surface area contributed by atoms with E-state index >= 15 is 0 Å². The average molecular weight is 180 g/mol. The summed E-state index contributed by atoms with van der Waals surface area (Å²) < 4.78 is 26.0. The maximum Gasteiger partial charge on any atom is 0.297 e. The molecule has 0 saturated heterocycles. The van der Waals surface area contributed by atoms with Gasteiger partial charge in [0.15, 0.2) is 5.82 Å².